The molecule has 1 aromatic heterocycles. The highest BCUT2D eigenvalue weighted by molar-refractivity contribution is 6.05. The highest BCUT2D eigenvalue weighted by Crippen LogP contribution is 2.25. The molecule has 3 rings (SSSR count). The molecule has 0 aliphatic rings. The summed E-state index contributed by atoms with van der Waals surface area (Å²) in [5.41, 5.74) is 5.50. The van der Waals surface area contributed by atoms with E-state index in [1.54, 1.807) is 0 Å². The first kappa shape index (κ1) is 19.5. The molecule has 2 N–H and O–H groups in total. The normalized spacial score (nSPS) is 10.8. The van der Waals surface area contributed by atoms with Crippen LogP contribution in [0.1, 0.15) is 53.9 Å². The third-order valence-corrected chi connectivity index (χ3v) is 4.65. The van der Waals surface area contributed by atoms with Crippen molar-refractivity contribution >= 4 is 23.1 Å². The van der Waals surface area contributed by atoms with Crippen molar-refractivity contribution in [3.05, 3.63) is 77.2 Å². The van der Waals surface area contributed by atoms with Gasteiger partial charge >= 0.3 is 0 Å². The predicted octanol–water partition coefficient (Wildman–Crippen LogP) is 5.47. The van der Waals surface area contributed by atoms with Crippen LogP contribution in [0.4, 0.5) is 17.2 Å². The minimum Gasteiger partial charge on any atom is -0.340 e. The van der Waals surface area contributed by atoms with Gasteiger partial charge in [0.05, 0.1) is 0 Å². The molecular formula is C23H26N4O. The minimum atomic E-state index is -0.111. The van der Waals surface area contributed by atoms with Crippen LogP contribution in [0.5, 0.6) is 0 Å². The van der Waals surface area contributed by atoms with Gasteiger partial charge < -0.3 is 10.6 Å². The zero-order valence-corrected chi connectivity index (χ0v) is 16.8. The van der Waals surface area contributed by atoms with Crippen LogP contribution in [-0.4, -0.2) is 15.9 Å². The Bertz CT molecular complexity index is 965. The monoisotopic (exact) mass is 374 g/mol. The second-order valence-electron chi connectivity index (χ2n) is 7.13. The minimum absolute atomic E-state index is 0.111. The van der Waals surface area contributed by atoms with Crippen LogP contribution in [0.2, 0.25) is 0 Å². The molecule has 0 radical (unpaired) electrons. The van der Waals surface area contributed by atoms with E-state index in [-0.39, 0.29) is 5.91 Å². The van der Waals surface area contributed by atoms with Crippen LogP contribution in [0, 0.1) is 6.92 Å². The number of benzene rings is 2. The van der Waals surface area contributed by atoms with E-state index in [9.17, 15) is 4.79 Å². The van der Waals surface area contributed by atoms with Crippen LogP contribution in [0.25, 0.3) is 0 Å². The van der Waals surface area contributed by atoms with Gasteiger partial charge in [-0.3, -0.25) is 4.79 Å². The summed E-state index contributed by atoms with van der Waals surface area (Å²) in [6, 6.07) is 15.6. The summed E-state index contributed by atoms with van der Waals surface area (Å²) in [6.45, 7) is 8.27. The molecule has 5 heteroatoms. The summed E-state index contributed by atoms with van der Waals surface area (Å²) in [4.78, 5) is 21.1. The maximum Gasteiger partial charge on any atom is 0.255 e. The molecule has 0 aliphatic heterocycles. The van der Waals surface area contributed by atoms with E-state index in [0.717, 1.165) is 34.9 Å². The van der Waals surface area contributed by atoms with Crippen molar-refractivity contribution in [3.8, 4) is 0 Å². The van der Waals surface area contributed by atoms with Crippen molar-refractivity contribution in [2.45, 2.75) is 40.0 Å². The van der Waals surface area contributed by atoms with Crippen LogP contribution in [-0.2, 0) is 6.42 Å². The number of aryl methyl sites for hydroxylation is 2. The number of nitrogens with zero attached hydrogens (tertiary/aromatic N) is 2. The lowest BCUT2D eigenvalue weighted by atomic mass is 10.0. The average molecular weight is 374 g/mol. The van der Waals surface area contributed by atoms with Gasteiger partial charge in [-0.1, -0.05) is 39.0 Å². The first-order valence-corrected chi connectivity index (χ1v) is 9.56. The van der Waals surface area contributed by atoms with E-state index < -0.39 is 0 Å². The van der Waals surface area contributed by atoms with E-state index >= 15 is 0 Å². The Morgan fingerprint density at radius 3 is 2.43 bits per heavy atom. The Morgan fingerprint density at radius 1 is 1.04 bits per heavy atom. The fourth-order valence-corrected chi connectivity index (χ4v) is 2.96. The molecule has 0 atom stereocenters. The average Bonchev–Trinajstić information content (AvgIpc) is 2.68. The number of nitrogens with one attached hydrogen (secondary N) is 2. The van der Waals surface area contributed by atoms with Crippen LogP contribution in [0.15, 0.2) is 54.9 Å². The van der Waals surface area contributed by atoms with E-state index in [1.165, 1.54) is 11.9 Å². The summed E-state index contributed by atoms with van der Waals surface area (Å²) in [7, 11) is 0. The van der Waals surface area contributed by atoms with Gasteiger partial charge in [0.1, 0.15) is 12.1 Å². The number of carbonyl (C=O) groups excluding carboxylic acids is 1. The maximum absolute atomic E-state index is 12.7. The Labute approximate surface area is 166 Å². The summed E-state index contributed by atoms with van der Waals surface area (Å²) in [5, 5.41) is 6.32. The topological polar surface area (TPSA) is 66.9 Å². The fourth-order valence-electron chi connectivity index (χ4n) is 2.96. The quantitative estimate of drug-likeness (QED) is 0.601. The molecule has 0 unspecified atom stereocenters. The van der Waals surface area contributed by atoms with Gasteiger partial charge in [-0.15, -0.1) is 0 Å². The SMILES string of the molecule is CCc1ccc(Nc2cc(C)ncn2)cc1NC(=O)c1ccc(C(C)C)cc1. The van der Waals surface area contributed by atoms with Crippen LogP contribution in [0.3, 0.4) is 0 Å². The maximum atomic E-state index is 12.7. The predicted molar refractivity (Wildman–Crippen MR) is 114 cm³/mol. The van der Waals surface area contributed by atoms with Crippen LogP contribution >= 0.6 is 0 Å². The molecule has 5 nitrogen and oxygen atoms in total. The lowest BCUT2D eigenvalue weighted by Crippen LogP contribution is -2.13. The molecule has 1 heterocycles. The highest BCUT2D eigenvalue weighted by atomic mass is 16.1. The molecule has 144 valence electrons. The Hall–Kier alpha value is -3.21. The zero-order valence-electron chi connectivity index (χ0n) is 16.8. The number of aromatic nitrogens is 2. The lowest BCUT2D eigenvalue weighted by molar-refractivity contribution is 0.102. The Balaban J connectivity index is 1.80. The van der Waals surface area contributed by atoms with Gasteiger partial charge in [-0.25, -0.2) is 9.97 Å². The molecule has 0 fully saturated rings. The Morgan fingerprint density at radius 2 is 1.79 bits per heavy atom. The number of amides is 1. The second kappa shape index (κ2) is 8.65. The standard InChI is InChI=1S/C23H26N4O/c1-5-17-10-11-20(26-22-12-16(4)24-14-25-22)13-21(17)27-23(28)19-8-6-18(7-9-19)15(2)3/h6-15H,5H2,1-4H3,(H,27,28)(H,24,25,26). The highest BCUT2D eigenvalue weighted by Gasteiger charge is 2.11. The number of hydrogen-bond donors (Lipinski definition) is 2. The van der Waals surface area contributed by atoms with Crippen molar-refractivity contribution in [1.82, 2.24) is 9.97 Å². The number of hydrogen-bond acceptors (Lipinski definition) is 4. The molecule has 0 saturated heterocycles. The summed E-state index contributed by atoms with van der Waals surface area (Å²) >= 11 is 0. The van der Waals surface area contributed by atoms with Crippen molar-refractivity contribution in [3.63, 3.8) is 0 Å². The van der Waals surface area contributed by atoms with Crippen molar-refractivity contribution in [2.75, 3.05) is 10.6 Å². The number of rotatable bonds is 6. The molecule has 0 saturated carbocycles. The lowest BCUT2D eigenvalue weighted by Gasteiger charge is -2.14. The third kappa shape index (κ3) is 4.74. The smallest absolute Gasteiger partial charge is 0.255 e. The second-order valence-corrected chi connectivity index (χ2v) is 7.13. The van der Waals surface area contributed by atoms with Gasteiger partial charge in [-0.05, 0) is 54.7 Å². The summed E-state index contributed by atoms with van der Waals surface area (Å²) in [5.74, 6) is 1.05. The molecule has 3 aromatic rings. The van der Waals surface area contributed by atoms with Crippen LogP contribution < -0.4 is 10.6 Å². The molecule has 2 aromatic carbocycles. The fraction of sp³-hybridized carbons (Fsp3) is 0.261. The molecule has 28 heavy (non-hydrogen) atoms. The summed E-state index contributed by atoms with van der Waals surface area (Å²) < 4.78 is 0. The van der Waals surface area contributed by atoms with Gasteiger partial charge in [-0.2, -0.15) is 0 Å². The molecule has 0 spiro atoms. The number of carbonyl (C=O) groups is 1. The van der Waals surface area contributed by atoms with Crippen molar-refractivity contribution < 1.29 is 4.79 Å². The number of anilines is 3. The molecular weight excluding hydrogens is 348 g/mol. The van der Waals surface area contributed by atoms with Gasteiger partial charge in [0.15, 0.2) is 0 Å². The largest absolute Gasteiger partial charge is 0.340 e. The first-order valence-electron chi connectivity index (χ1n) is 9.56. The van der Waals surface area contributed by atoms with Gasteiger partial charge in [0.25, 0.3) is 5.91 Å². The van der Waals surface area contributed by atoms with E-state index in [0.29, 0.717) is 11.5 Å². The van der Waals surface area contributed by atoms with E-state index in [1.807, 2.05) is 55.5 Å². The van der Waals surface area contributed by atoms with E-state index in [4.69, 9.17) is 0 Å². The van der Waals surface area contributed by atoms with E-state index in [2.05, 4.69) is 41.4 Å². The van der Waals surface area contributed by atoms with Crippen molar-refractivity contribution in [1.29, 1.82) is 0 Å². The molecule has 1 amide bonds. The van der Waals surface area contributed by atoms with Gasteiger partial charge in [0.2, 0.25) is 0 Å². The van der Waals surface area contributed by atoms with Crippen molar-refractivity contribution in [2.24, 2.45) is 0 Å². The van der Waals surface area contributed by atoms with Gasteiger partial charge in [0, 0.05) is 28.7 Å². The molecule has 0 bridgehead atoms. The summed E-state index contributed by atoms with van der Waals surface area (Å²) in [6.07, 6.45) is 2.36. The Kier molecular flexibility index (Phi) is 6.04. The zero-order chi connectivity index (χ0) is 20.1. The first-order chi connectivity index (χ1) is 13.5. The molecule has 0 aliphatic carbocycles. The third-order valence-electron chi connectivity index (χ3n) is 4.65.